The first-order valence-electron chi connectivity index (χ1n) is 9.57. The topological polar surface area (TPSA) is 41.6 Å². The Balaban J connectivity index is 1.53. The number of nitrogens with zero attached hydrogens (tertiary/aromatic N) is 1. The first-order valence-corrected chi connectivity index (χ1v) is 9.57. The highest BCUT2D eigenvalue weighted by Gasteiger charge is 2.38. The lowest BCUT2D eigenvalue weighted by Crippen LogP contribution is -2.39. The summed E-state index contributed by atoms with van der Waals surface area (Å²) in [4.78, 5) is 15.0. The van der Waals surface area contributed by atoms with Crippen molar-refractivity contribution in [1.29, 1.82) is 0 Å². The van der Waals surface area contributed by atoms with E-state index in [-0.39, 0.29) is 17.8 Å². The molecule has 4 rings (SSSR count). The minimum absolute atomic E-state index is 0.0618. The van der Waals surface area contributed by atoms with Crippen molar-refractivity contribution >= 4 is 5.91 Å². The predicted molar refractivity (Wildman–Crippen MR) is 103 cm³/mol. The summed E-state index contributed by atoms with van der Waals surface area (Å²) in [5.41, 5.74) is 1.67. The molecule has 0 bridgehead atoms. The van der Waals surface area contributed by atoms with Crippen LogP contribution in [-0.2, 0) is 0 Å². The summed E-state index contributed by atoms with van der Waals surface area (Å²) in [7, 11) is 1.68. The number of hydrogen-bond donors (Lipinski definition) is 1. The van der Waals surface area contributed by atoms with Crippen LogP contribution in [0.1, 0.15) is 34.7 Å². The SMILES string of the molecule is COc1cccc(C2CNCC2CN(C(=O)c2cccc(F)c2)C2CC2)c1. The van der Waals surface area contributed by atoms with Crippen LogP contribution in [-0.4, -0.2) is 43.6 Å². The molecular weight excluding hydrogens is 343 g/mol. The van der Waals surface area contributed by atoms with Crippen molar-refractivity contribution in [3.63, 3.8) is 0 Å². The molecule has 1 amide bonds. The quantitative estimate of drug-likeness (QED) is 0.849. The second-order valence-corrected chi connectivity index (χ2v) is 7.50. The minimum atomic E-state index is -0.367. The summed E-state index contributed by atoms with van der Waals surface area (Å²) >= 11 is 0. The molecule has 1 saturated heterocycles. The zero-order chi connectivity index (χ0) is 18.8. The van der Waals surface area contributed by atoms with Crippen LogP contribution in [0, 0.1) is 11.7 Å². The van der Waals surface area contributed by atoms with Gasteiger partial charge in [-0.15, -0.1) is 0 Å². The van der Waals surface area contributed by atoms with Gasteiger partial charge in [0.25, 0.3) is 5.91 Å². The van der Waals surface area contributed by atoms with Gasteiger partial charge in [0.1, 0.15) is 11.6 Å². The van der Waals surface area contributed by atoms with E-state index in [4.69, 9.17) is 4.74 Å². The number of amides is 1. The van der Waals surface area contributed by atoms with E-state index >= 15 is 0 Å². The maximum Gasteiger partial charge on any atom is 0.254 e. The Morgan fingerprint density at radius 3 is 2.74 bits per heavy atom. The summed E-state index contributed by atoms with van der Waals surface area (Å²) in [5.74, 6) is 1.09. The second-order valence-electron chi connectivity index (χ2n) is 7.50. The smallest absolute Gasteiger partial charge is 0.254 e. The first-order chi connectivity index (χ1) is 13.2. The van der Waals surface area contributed by atoms with E-state index in [0.717, 1.165) is 31.7 Å². The molecule has 1 aliphatic carbocycles. The molecule has 0 radical (unpaired) electrons. The molecule has 142 valence electrons. The van der Waals surface area contributed by atoms with Crippen LogP contribution in [0.25, 0.3) is 0 Å². The van der Waals surface area contributed by atoms with Crippen molar-refractivity contribution in [2.75, 3.05) is 26.7 Å². The lowest BCUT2D eigenvalue weighted by atomic mass is 9.88. The first kappa shape index (κ1) is 18.0. The molecule has 2 atom stereocenters. The third-order valence-corrected chi connectivity index (χ3v) is 5.61. The van der Waals surface area contributed by atoms with E-state index in [1.807, 2.05) is 17.0 Å². The predicted octanol–water partition coefficient (Wildman–Crippen LogP) is 3.44. The van der Waals surface area contributed by atoms with E-state index in [1.165, 1.54) is 17.7 Å². The lowest BCUT2D eigenvalue weighted by molar-refractivity contribution is 0.0713. The molecule has 2 aromatic carbocycles. The van der Waals surface area contributed by atoms with Gasteiger partial charge in [0.2, 0.25) is 0 Å². The number of benzene rings is 2. The summed E-state index contributed by atoms with van der Waals surface area (Å²) < 4.78 is 18.9. The average Bonchev–Trinajstić information content (AvgIpc) is 3.43. The highest BCUT2D eigenvalue weighted by molar-refractivity contribution is 5.94. The van der Waals surface area contributed by atoms with Crippen LogP contribution >= 0.6 is 0 Å². The third kappa shape index (κ3) is 3.98. The Morgan fingerprint density at radius 1 is 1.19 bits per heavy atom. The highest BCUT2D eigenvalue weighted by atomic mass is 19.1. The number of rotatable bonds is 6. The molecular formula is C22H25FN2O2. The number of ether oxygens (including phenoxy) is 1. The van der Waals surface area contributed by atoms with Gasteiger partial charge < -0.3 is 15.0 Å². The van der Waals surface area contributed by atoms with Gasteiger partial charge in [-0.1, -0.05) is 18.2 Å². The second kappa shape index (κ2) is 7.69. The fourth-order valence-corrected chi connectivity index (χ4v) is 4.01. The number of carbonyl (C=O) groups excluding carboxylic acids is 1. The Bertz CT molecular complexity index is 821. The van der Waals surface area contributed by atoms with Crippen LogP contribution in [0.3, 0.4) is 0 Å². The summed E-state index contributed by atoms with van der Waals surface area (Å²) in [6.07, 6.45) is 2.07. The van der Waals surface area contributed by atoms with Crippen molar-refractivity contribution in [1.82, 2.24) is 10.2 Å². The third-order valence-electron chi connectivity index (χ3n) is 5.61. The molecule has 27 heavy (non-hydrogen) atoms. The van der Waals surface area contributed by atoms with Gasteiger partial charge >= 0.3 is 0 Å². The van der Waals surface area contributed by atoms with Gasteiger partial charge in [-0.25, -0.2) is 4.39 Å². The molecule has 2 fully saturated rings. The van der Waals surface area contributed by atoms with Crippen molar-refractivity contribution < 1.29 is 13.9 Å². The van der Waals surface area contributed by atoms with Crippen LogP contribution in [0.4, 0.5) is 4.39 Å². The molecule has 4 nitrogen and oxygen atoms in total. The monoisotopic (exact) mass is 368 g/mol. The van der Waals surface area contributed by atoms with Gasteiger partial charge in [0.05, 0.1) is 7.11 Å². The van der Waals surface area contributed by atoms with Crippen molar-refractivity contribution in [2.45, 2.75) is 24.8 Å². The Kier molecular flexibility index (Phi) is 5.12. The maximum absolute atomic E-state index is 13.6. The zero-order valence-corrected chi connectivity index (χ0v) is 15.5. The van der Waals surface area contributed by atoms with Crippen molar-refractivity contribution in [3.05, 3.63) is 65.5 Å². The van der Waals surface area contributed by atoms with Crippen LogP contribution in [0.5, 0.6) is 5.75 Å². The van der Waals surface area contributed by atoms with Crippen molar-refractivity contribution in [3.8, 4) is 5.75 Å². The molecule has 1 heterocycles. The largest absolute Gasteiger partial charge is 0.497 e. The lowest BCUT2D eigenvalue weighted by Gasteiger charge is -2.29. The van der Waals surface area contributed by atoms with Crippen LogP contribution in [0.15, 0.2) is 48.5 Å². The molecule has 1 aliphatic heterocycles. The van der Waals surface area contributed by atoms with E-state index in [1.54, 1.807) is 19.2 Å². The van der Waals surface area contributed by atoms with E-state index in [9.17, 15) is 9.18 Å². The molecule has 1 N–H and O–H groups in total. The molecule has 2 aliphatic rings. The van der Waals surface area contributed by atoms with Crippen LogP contribution in [0.2, 0.25) is 0 Å². The fraction of sp³-hybridized carbons (Fsp3) is 0.409. The van der Waals surface area contributed by atoms with Crippen molar-refractivity contribution in [2.24, 2.45) is 5.92 Å². The average molecular weight is 368 g/mol. The molecule has 2 aromatic rings. The molecule has 0 spiro atoms. The Hall–Kier alpha value is -2.40. The highest BCUT2D eigenvalue weighted by Crippen LogP contribution is 2.35. The summed E-state index contributed by atoms with van der Waals surface area (Å²) in [6, 6.07) is 14.5. The molecule has 0 aromatic heterocycles. The normalized spacial score (nSPS) is 21.9. The number of hydrogen-bond acceptors (Lipinski definition) is 3. The van der Waals surface area contributed by atoms with E-state index in [2.05, 4.69) is 17.4 Å². The standard InChI is InChI=1S/C22H25FN2O2/c1-27-20-7-3-4-15(11-20)21-13-24-12-17(21)14-25(19-8-9-19)22(26)16-5-2-6-18(23)10-16/h2-7,10-11,17,19,21,24H,8-9,12-14H2,1H3. The Labute approximate surface area is 159 Å². The van der Waals surface area contributed by atoms with Gasteiger partial charge in [0, 0.05) is 37.2 Å². The summed E-state index contributed by atoms with van der Waals surface area (Å²) in [5, 5.41) is 3.47. The van der Waals surface area contributed by atoms with Gasteiger partial charge in [-0.05, 0) is 54.7 Å². The number of methoxy groups -OCH3 is 1. The van der Waals surface area contributed by atoms with Gasteiger partial charge in [0.15, 0.2) is 0 Å². The maximum atomic E-state index is 13.6. The fourth-order valence-electron chi connectivity index (χ4n) is 4.01. The van der Waals surface area contributed by atoms with E-state index < -0.39 is 0 Å². The number of halogens is 1. The molecule has 1 saturated carbocycles. The van der Waals surface area contributed by atoms with E-state index in [0.29, 0.717) is 23.9 Å². The van der Waals surface area contributed by atoms with Gasteiger partial charge in [-0.2, -0.15) is 0 Å². The summed E-state index contributed by atoms with van der Waals surface area (Å²) in [6.45, 7) is 2.46. The minimum Gasteiger partial charge on any atom is -0.497 e. The number of nitrogens with one attached hydrogen (secondary N) is 1. The zero-order valence-electron chi connectivity index (χ0n) is 15.5. The Morgan fingerprint density at radius 2 is 2.00 bits per heavy atom. The molecule has 2 unspecified atom stereocenters. The van der Waals surface area contributed by atoms with Gasteiger partial charge in [-0.3, -0.25) is 4.79 Å². The molecule has 5 heteroatoms. The van der Waals surface area contributed by atoms with Crippen LogP contribution < -0.4 is 10.1 Å². The number of carbonyl (C=O) groups is 1.